The summed E-state index contributed by atoms with van der Waals surface area (Å²) in [5.74, 6) is 5.72. The van der Waals surface area contributed by atoms with Crippen LogP contribution in [0.3, 0.4) is 0 Å². The Bertz CT molecular complexity index is 944. The van der Waals surface area contributed by atoms with E-state index in [1.807, 2.05) is 0 Å². The molecular weight excluding hydrogens is 354 g/mol. The smallest absolute Gasteiger partial charge is 0.253 e. The molecule has 2 aromatic rings. The highest BCUT2D eigenvalue weighted by Crippen LogP contribution is 2.22. The van der Waals surface area contributed by atoms with Crippen LogP contribution in [0.4, 0.5) is 0 Å². The molecule has 146 valence electrons. The van der Waals surface area contributed by atoms with E-state index < -0.39 is 5.60 Å². The molecule has 6 heteroatoms. The molecule has 2 heterocycles. The lowest BCUT2D eigenvalue weighted by molar-refractivity contribution is 0.0632. The number of piperidine rings is 1. The van der Waals surface area contributed by atoms with Crippen LogP contribution in [0.1, 0.15) is 53.2 Å². The van der Waals surface area contributed by atoms with Crippen molar-refractivity contribution in [1.29, 1.82) is 0 Å². The van der Waals surface area contributed by atoms with Crippen molar-refractivity contribution in [3.8, 4) is 11.8 Å². The predicted molar refractivity (Wildman–Crippen MR) is 106 cm³/mol. The van der Waals surface area contributed by atoms with Gasteiger partial charge in [0.25, 0.3) is 5.91 Å². The number of aromatic nitrogens is 2. The first-order valence-electron chi connectivity index (χ1n) is 9.41. The normalized spacial score (nSPS) is 17.0. The number of carbonyl (C=O) groups is 2. The molecule has 1 aromatic carbocycles. The lowest BCUT2D eigenvalue weighted by Crippen LogP contribution is -2.42. The van der Waals surface area contributed by atoms with E-state index in [4.69, 9.17) is 0 Å². The van der Waals surface area contributed by atoms with Crippen molar-refractivity contribution < 1.29 is 14.7 Å². The largest absolute Gasteiger partial charge is 0.378 e. The third-order valence-electron chi connectivity index (χ3n) is 4.74. The average molecular weight is 379 g/mol. The molecule has 6 nitrogen and oxygen atoms in total. The van der Waals surface area contributed by atoms with Crippen LogP contribution >= 0.6 is 0 Å². The summed E-state index contributed by atoms with van der Waals surface area (Å²) in [4.78, 5) is 31.6. The number of hydrogen-bond acceptors (Lipinski definition) is 4. The van der Waals surface area contributed by atoms with E-state index in [2.05, 4.69) is 16.8 Å². The lowest BCUT2D eigenvalue weighted by atomic mass is 9.92. The highest BCUT2D eigenvalue weighted by molar-refractivity contribution is 5.97. The Morgan fingerprint density at radius 2 is 2.11 bits per heavy atom. The Balaban J connectivity index is 1.74. The Kier molecular flexibility index (Phi) is 5.66. The fraction of sp³-hybridized carbons (Fsp3) is 0.409. The predicted octanol–water partition coefficient (Wildman–Crippen LogP) is 2.28. The van der Waals surface area contributed by atoms with E-state index in [1.54, 1.807) is 67.0 Å². The van der Waals surface area contributed by atoms with Crippen LogP contribution in [0.5, 0.6) is 0 Å². The van der Waals surface area contributed by atoms with Crippen molar-refractivity contribution >= 4 is 11.7 Å². The van der Waals surface area contributed by atoms with Crippen molar-refractivity contribution in [1.82, 2.24) is 14.5 Å². The van der Waals surface area contributed by atoms with Gasteiger partial charge in [0.2, 0.25) is 5.78 Å². The SMILES string of the molecule is Cn1ccnc1C(=O)C1CCCN(C(=O)c2cccc(C#CC(C)(C)O)c2)C1. The molecule has 1 N–H and O–H groups in total. The van der Waals surface area contributed by atoms with E-state index in [0.717, 1.165) is 12.8 Å². The Labute approximate surface area is 165 Å². The van der Waals surface area contributed by atoms with Crippen LogP contribution in [-0.4, -0.2) is 49.9 Å². The zero-order valence-corrected chi connectivity index (χ0v) is 16.5. The number of carbonyl (C=O) groups excluding carboxylic acids is 2. The fourth-order valence-corrected chi connectivity index (χ4v) is 3.30. The van der Waals surface area contributed by atoms with Gasteiger partial charge in [0.15, 0.2) is 5.82 Å². The lowest BCUT2D eigenvalue weighted by Gasteiger charge is -2.32. The first-order chi connectivity index (χ1) is 13.2. The number of amides is 1. The molecule has 0 aliphatic carbocycles. The topological polar surface area (TPSA) is 75.4 Å². The van der Waals surface area contributed by atoms with Crippen molar-refractivity contribution in [2.75, 3.05) is 13.1 Å². The van der Waals surface area contributed by atoms with E-state index in [-0.39, 0.29) is 17.6 Å². The van der Waals surface area contributed by atoms with Gasteiger partial charge in [0.1, 0.15) is 5.60 Å². The molecule has 0 radical (unpaired) electrons. The standard InChI is InChI=1S/C22H25N3O3/c1-22(2,28)10-9-16-6-4-7-17(14-16)21(27)25-12-5-8-18(15-25)19(26)20-23-11-13-24(20)3/h4,6-7,11,13-14,18,28H,5,8,12,15H2,1-3H3. The Morgan fingerprint density at radius 1 is 1.32 bits per heavy atom. The van der Waals surface area contributed by atoms with E-state index in [1.165, 1.54) is 0 Å². The minimum atomic E-state index is -1.09. The van der Waals surface area contributed by atoms with Gasteiger partial charge in [-0.25, -0.2) is 4.98 Å². The molecule has 1 atom stereocenters. The summed E-state index contributed by atoms with van der Waals surface area (Å²) in [6, 6.07) is 7.06. The third kappa shape index (κ3) is 4.68. The molecule has 1 aliphatic heterocycles. The molecule has 0 spiro atoms. The number of benzene rings is 1. The second-order valence-corrected chi connectivity index (χ2v) is 7.71. The monoisotopic (exact) mass is 379 g/mol. The van der Waals surface area contributed by atoms with Gasteiger partial charge in [0.05, 0.1) is 0 Å². The van der Waals surface area contributed by atoms with Crippen molar-refractivity contribution in [3.63, 3.8) is 0 Å². The van der Waals surface area contributed by atoms with Gasteiger partial charge in [-0.05, 0) is 44.9 Å². The summed E-state index contributed by atoms with van der Waals surface area (Å²) in [6.07, 6.45) is 4.90. The van der Waals surface area contributed by atoms with Crippen molar-refractivity contribution in [2.24, 2.45) is 13.0 Å². The van der Waals surface area contributed by atoms with Gasteiger partial charge in [0, 0.05) is 49.6 Å². The van der Waals surface area contributed by atoms with Gasteiger partial charge in [-0.2, -0.15) is 0 Å². The maximum atomic E-state index is 13.0. The minimum absolute atomic E-state index is 0.0187. The minimum Gasteiger partial charge on any atom is -0.378 e. The molecule has 1 aliphatic rings. The number of imidazole rings is 1. The van der Waals surface area contributed by atoms with E-state index in [0.29, 0.717) is 30.0 Å². The number of Topliss-reactive ketones (excluding diaryl/α,β-unsaturated/α-hetero) is 1. The van der Waals surface area contributed by atoms with Crippen LogP contribution in [0.2, 0.25) is 0 Å². The quantitative estimate of drug-likeness (QED) is 0.656. The molecule has 1 amide bonds. The first kappa shape index (κ1) is 19.8. The fourth-order valence-electron chi connectivity index (χ4n) is 3.30. The number of aryl methyl sites for hydroxylation is 1. The van der Waals surface area contributed by atoms with E-state index >= 15 is 0 Å². The summed E-state index contributed by atoms with van der Waals surface area (Å²) in [7, 11) is 1.80. The molecule has 0 saturated carbocycles. The maximum absolute atomic E-state index is 13.0. The summed E-state index contributed by atoms with van der Waals surface area (Å²) in [5.41, 5.74) is 0.115. The average Bonchev–Trinajstić information content (AvgIpc) is 3.11. The number of ketones is 1. The highest BCUT2D eigenvalue weighted by atomic mass is 16.3. The van der Waals surface area contributed by atoms with Crippen LogP contribution in [0, 0.1) is 17.8 Å². The van der Waals surface area contributed by atoms with Crippen LogP contribution in [0.15, 0.2) is 36.7 Å². The molecule has 1 saturated heterocycles. The van der Waals surface area contributed by atoms with Gasteiger partial charge < -0.3 is 14.6 Å². The molecule has 1 aromatic heterocycles. The Hall–Kier alpha value is -2.91. The van der Waals surface area contributed by atoms with Gasteiger partial charge >= 0.3 is 0 Å². The number of nitrogens with zero attached hydrogens (tertiary/aromatic N) is 3. The molecular formula is C22H25N3O3. The number of likely N-dealkylation sites (tertiary alicyclic amines) is 1. The summed E-state index contributed by atoms with van der Waals surface area (Å²) < 4.78 is 1.72. The summed E-state index contributed by atoms with van der Waals surface area (Å²) in [5, 5.41) is 9.75. The number of hydrogen-bond donors (Lipinski definition) is 1. The van der Waals surface area contributed by atoms with Crippen molar-refractivity contribution in [2.45, 2.75) is 32.3 Å². The molecule has 3 rings (SSSR count). The Morgan fingerprint density at radius 3 is 2.79 bits per heavy atom. The van der Waals surface area contributed by atoms with Gasteiger partial charge in [-0.3, -0.25) is 9.59 Å². The van der Waals surface area contributed by atoms with Crippen LogP contribution in [0.25, 0.3) is 0 Å². The van der Waals surface area contributed by atoms with Crippen LogP contribution in [-0.2, 0) is 7.05 Å². The second-order valence-electron chi connectivity index (χ2n) is 7.71. The maximum Gasteiger partial charge on any atom is 0.253 e. The third-order valence-corrected chi connectivity index (χ3v) is 4.74. The summed E-state index contributed by atoms with van der Waals surface area (Å²) >= 11 is 0. The zero-order valence-electron chi connectivity index (χ0n) is 16.5. The van der Waals surface area contributed by atoms with Crippen LogP contribution < -0.4 is 0 Å². The number of aliphatic hydroxyl groups is 1. The van der Waals surface area contributed by atoms with Crippen molar-refractivity contribution in [3.05, 3.63) is 53.6 Å². The van der Waals surface area contributed by atoms with E-state index in [9.17, 15) is 14.7 Å². The first-order valence-corrected chi connectivity index (χ1v) is 9.41. The summed E-state index contributed by atoms with van der Waals surface area (Å²) in [6.45, 7) is 4.25. The van der Waals surface area contributed by atoms with Gasteiger partial charge in [-0.15, -0.1) is 0 Å². The zero-order chi connectivity index (χ0) is 20.3. The molecule has 0 bridgehead atoms. The molecule has 1 unspecified atom stereocenters. The number of rotatable bonds is 3. The van der Waals surface area contributed by atoms with Gasteiger partial charge in [-0.1, -0.05) is 17.9 Å². The highest BCUT2D eigenvalue weighted by Gasteiger charge is 2.31. The second kappa shape index (κ2) is 7.99. The molecule has 1 fully saturated rings. The molecule has 28 heavy (non-hydrogen) atoms.